The summed E-state index contributed by atoms with van der Waals surface area (Å²) in [6.07, 6.45) is 0. The van der Waals surface area contributed by atoms with Crippen LogP contribution in [0.3, 0.4) is 0 Å². The van der Waals surface area contributed by atoms with Gasteiger partial charge in [0, 0.05) is 10.0 Å². The lowest BCUT2D eigenvalue weighted by molar-refractivity contribution is 0.247. The lowest BCUT2D eigenvalue weighted by Crippen LogP contribution is -2.37. The van der Waals surface area contributed by atoms with Crippen LogP contribution in [0.1, 0.15) is 11.1 Å². The van der Waals surface area contributed by atoms with Crippen molar-refractivity contribution in [1.82, 2.24) is 5.43 Å². The van der Waals surface area contributed by atoms with Gasteiger partial charge in [0.05, 0.1) is 11.4 Å². The highest BCUT2D eigenvalue weighted by molar-refractivity contribution is 6.31. The number of rotatable bonds is 3. The Morgan fingerprint density at radius 3 is 1.86 bits per heavy atom. The third-order valence-electron chi connectivity index (χ3n) is 3.11. The first-order chi connectivity index (χ1) is 10.4. The zero-order valence-corrected chi connectivity index (χ0v) is 13.5. The zero-order valence-electron chi connectivity index (χ0n) is 12.0. The van der Waals surface area contributed by atoms with E-state index in [0.29, 0.717) is 10.0 Å². The van der Waals surface area contributed by atoms with E-state index in [0.717, 1.165) is 22.5 Å². The summed E-state index contributed by atoms with van der Waals surface area (Å²) in [4.78, 5) is 11.6. The van der Waals surface area contributed by atoms with E-state index in [9.17, 15) is 4.79 Å². The van der Waals surface area contributed by atoms with E-state index >= 15 is 0 Å². The molecule has 0 heterocycles. The first-order valence-electron chi connectivity index (χ1n) is 6.43. The normalized spacial score (nSPS) is 10.2. The van der Waals surface area contributed by atoms with Gasteiger partial charge in [-0.15, -0.1) is 0 Å². The highest BCUT2D eigenvalue weighted by Crippen LogP contribution is 2.32. The number of anilines is 2. The molecule has 0 radical (unpaired) electrons. The number of carbonyl (C=O) groups excluding carboxylic acids is 1. The largest absolute Gasteiger partial charge is 0.378 e. The van der Waals surface area contributed by atoms with Crippen molar-refractivity contribution >= 4 is 40.6 Å². The van der Waals surface area contributed by atoms with Gasteiger partial charge in [-0.3, -0.25) is 5.01 Å². The summed E-state index contributed by atoms with van der Waals surface area (Å²) in [5.74, 6) is 0. The van der Waals surface area contributed by atoms with Crippen LogP contribution in [0.4, 0.5) is 16.2 Å². The van der Waals surface area contributed by atoms with Crippen molar-refractivity contribution < 1.29 is 4.79 Å². The van der Waals surface area contributed by atoms with Crippen molar-refractivity contribution in [2.45, 2.75) is 13.8 Å². The molecular weight excluding hydrogens is 323 g/mol. The van der Waals surface area contributed by atoms with Gasteiger partial charge in [0.1, 0.15) is 0 Å². The molecule has 2 aromatic rings. The summed E-state index contributed by atoms with van der Waals surface area (Å²) in [5.41, 5.74) is 12.6. The van der Waals surface area contributed by atoms with E-state index in [1.165, 1.54) is 0 Å². The molecule has 0 saturated carbocycles. The van der Waals surface area contributed by atoms with Gasteiger partial charge in [0.15, 0.2) is 0 Å². The molecule has 0 aliphatic heterocycles. The van der Waals surface area contributed by atoms with Crippen LogP contribution in [0.2, 0.25) is 10.0 Å². The molecule has 0 spiro atoms. The van der Waals surface area contributed by atoms with Gasteiger partial charge in [0.2, 0.25) is 0 Å². The fourth-order valence-electron chi connectivity index (χ4n) is 2.11. The summed E-state index contributed by atoms with van der Waals surface area (Å²) in [5, 5.41) is 5.65. The minimum atomic E-state index is -0.774. The Kier molecular flexibility index (Phi) is 5.00. The number of nitrogens with zero attached hydrogens (tertiary/aromatic N) is 2. The number of hydrogen-bond acceptors (Lipinski definition) is 3. The van der Waals surface area contributed by atoms with Crippen molar-refractivity contribution in [2.75, 3.05) is 5.01 Å². The molecule has 22 heavy (non-hydrogen) atoms. The fraction of sp³-hybridized carbons (Fsp3) is 0.133. The maximum atomic E-state index is 11.6. The second-order valence-corrected chi connectivity index (χ2v) is 5.60. The van der Waals surface area contributed by atoms with E-state index in [-0.39, 0.29) is 0 Å². The first kappa shape index (κ1) is 16.3. The lowest BCUT2D eigenvalue weighted by Gasteiger charge is -2.27. The monoisotopic (exact) mass is 336 g/mol. The van der Waals surface area contributed by atoms with Gasteiger partial charge >= 0.3 is 6.03 Å². The standard InChI is InChI=1S/C15H14Cl2N4O/c1-9-7-11(16)3-5-13(9)21(20-15(22)19-18)14-6-4-12(17)8-10(14)2/h3-8,18H,1-2H3,(H,20,22). The minimum Gasteiger partial charge on any atom is -0.252 e. The summed E-state index contributed by atoms with van der Waals surface area (Å²) in [6, 6.07) is 9.84. The quantitative estimate of drug-likeness (QED) is 0.581. The van der Waals surface area contributed by atoms with Gasteiger partial charge in [-0.05, 0) is 61.4 Å². The maximum Gasteiger partial charge on any atom is 0.378 e. The average Bonchev–Trinajstić information content (AvgIpc) is 2.45. The Morgan fingerprint density at radius 1 is 1.05 bits per heavy atom. The first-order valence-corrected chi connectivity index (χ1v) is 7.18. The highest BCUT2D eigenvalue weighted by atomic mass is 35.5. The predicted molar refractivity (Wildman–Crippen MR) is 88.2 cm³/mol. The Morgan fingerprint density at radius 2 is 1.50 bits per heavy atom. The molecule has 0 atom stereocenters. The number of urea groups is 1. The Bertz CT molecular complexity index is 682. The van der Waals surface area contributed by atoms with Crippen LogP contribution in [0.25, 0.3) is 0 Å². The number of nitrogens with one attached hydrogen (secondary N) is 2. The van der Waals surface area contributed by atoms with Crippen LogP contribution >= 0.6 is 23.2 Å². The number of aryl methyl sites for hydroxylation is 2. The third-order valence-corrected chi connectivity index (χ3v) is 3.58. The molecule has 2 rings (SSSR count). The second kappa shape index (κ2) is 6.77. The van der Waals surface area contributed by atoms with Crippen LogP contribution in [-0.4, -0.2) is 6.03 Å². The van der Waals surface area contributed by atoms with E-state index in [4.69, 9.17) is 28.7 Å². The topological polar surface area (TPSA) is 68.6 Å². The van der Waals surface area contributed by atoms with Crippen LogP contribution in [-0.2, 0) is 0 Å². The number of halogens is 2. The van der Waals surface area contributed by atoms with Crippen molar-refractivity contribution in [3.05, 3.63) is 57.6 Å². The third kappa shape index (κ3) is 3.55. The van der Waals surface area contributed by atoms with Crippen molar-refractivity contribution in [3.8, 4) is 0 Å². The lowest BCUT2D eigenvalue weighted by atomic mass is 10.1. The van der Waals surface area contributed by atoms with Crippen LogP contribution in [0.15, 0.2) is 41.5 Å². The maximum absolute atomic E-state index is 11.6. The van der Waals surface area contributed by atoms with Gasteiger partial charge in [-0.25, -0.2) is 10.2 Å². The number of amides is 2. The van der Waals surface area contributed by atoms with E-state index < -0.39 is 6.03 Å². The van der Waals surface area contributed by atoms with Gasteiger partial charge in [0.25, 0.3) is 0 Å². The average molecular weight is 337 g/mol. The number of carbonyl (C=O) groups is 1. The molecule has 114 valence electrons. The van der Waals surface area contributed by atoms with Crippen molar-refractivity contribution in [3.63, 3.8) is 0 Å². The summed E-state index contributed by atoms with van der Waals surface area (Å²) in [7, 11) is 0. The smallest absolute Gasteiger partial charge is 0.252 e. The Labute approximate surface area is 138 Å². The molecule has 2 N–H and O–H groups in total. The number of hydrazine groups is 1. The zero-order chi connectivity index (χ0) is 16.3. The molecule has 0 bridgehead atoms. The highest BCUT2D eigenvalue weighted by Gasteiger charge is 2.17. The van der Waals surface area contributed by atoms with Gasteiger partial charge < -0.3 is 0 Å². The molecule has 0 aliphatic rings. The fourth-order valence-corrected chi connectivity index (χ4v) is 2.56. The number of hydrogen-bond donors (Lipinski definition) is 2. The van der Waals surface area contributed by atoms with Crippen molar-refractivity contribution in [1.29, 1.82) is 5.53 Å². The van der Waals surface area contributed by atoms with Gasteiger partial charge in [-0.1, -0.05) is 28.3 Å². The van der Waals surface area contributed by atoms with E-state index in [1.54, 1.807) is 41.4 Å². The molecule has 0 aliphatic carbocycles. The SMILES string of the molecule is Cc1cc(Cl)ccc1N(NC(=O)N=N)c1ccc(Cl)cc1C. The predicted octanol–water partition coefficient (Wildman–Crippen LogP) is 5.40. The van der Waals surface area contributed by atoms with Crippen LogP contribution in [0, 0.1) is 19.4 Å². The molecule has 2 amide bonds. The Hall–Kier alpha value is -2.11. The number of benzene rings is 2. The van der Waals surface area contributed by atoms with E-state index in [2.05, 4.69) is 10.5 Å². The summed E-state index contributed by atoms with van der Waals surface area (Å²) < 4.78 is 0. The van der Waals surface area contributed by atoms with E-state index in [1.807, 2.05) is 13.8 Å². The molecule has 0 saturated heterocycles. The minimum absolute atomic E-state index is 0.602. The molecule has 0 unspecified atom stereocenters. The molecule has 7 heteroatoms. The molecule has 0 aromatic heterocycles. The summed E-state index contributed by atoms with van der Waals surface area (Å²) >= 11 is 12.0. The molecule has 5 nitrogen and oxygen atoms in total. The molecule has 2 aromatic carbocycles. The molecule has 0 fully saturated rings. The second-order valence-electron chi connectivity index (χ2n) is 4.73. The summed E-state index contributed by atoms with van der Waals surface area (Å²) in [6.45, 7) is 3.76. The van der Waals surface area contributed by atoms with Crippen molar-refractivity contribution in [2.24, 2.45) is 5.11 Å². The van der Waals surface area contributed by atoms with Crippen LogP contribution < -0.4 is 10.4 Å². The Balaban J connectivity index is 2.55. The van der Waals surface area contributed by atoms with Gasteiger partial charge in [-0.2, -0.15) is 5.53 Å². The molecular formula is C15H14Cl2N4O. The van der Waals surface area contributed by atoms with Crippen LogP contribution in [0.5, 0.6) is 0 Å².